The Morgan fingerprint density at radius 2 is 2.09 bits per heavy atom. The molecular formula is C15H17N3O4S. The summed E-state index contributed by atoms with van der Waals surface area (Å²) in [5, 5.41) is 9.19. The van der Waals surface area contributed by atoms with Gasteiger partial charge in [-0.15, -0.1) is 11.8 Å². The highest BCUT2D eigenvalue weighted by atomic mass is 32.2. The summed E-state index contributed by atoms with van der Waals surface area (Å²) in [5.74, 6) is -1.06. The van der Waals surface area contributed by atoms with Crippen LogP contribution < -0.4 is 5.73 Å². The Morgan fingerprint density at radius 1 is 1.35 bits per heavy atom. The predicted octanol–water partition coefficient (Wildman–Crippen LogP) is -0.111. The van der Waals surface area contributed by atoms with Gasteiger partial charge in [-0.05, 0) is 30.9 Å². The van der Waals surface area contributed by atoms with Crippen molar-refractivity contribution in [2.24, 2.45) is 5.73 Å². The van der Waals surface area contributed by atoms with Gasteiger partial charge in [0.2, 0.25) is 11.8 Å². The Balaban J connectivity index is 1.66. The first-order chi connectivity index (χ1) is 11.0. The van der Waals surface area contributed by atoms with Gasteiger partial charge >= 0.3 is 5.97 Å². The number of likely N-dealkylation sites (tertiary alicyclic amines) is 1. The van der Waals surface area contributed by atoms with Crippen LogP contribution in [-0.4, -0.2) is 62.4 Å². The van der Waals surface area contributed by atoms with Crippen LogP contribution in [0.1, 0.15) is 19.3 Å². The molecule has 0 aromatic heterocycles. The summed E-state index contributed by atoms with van der Waals surface area (Å²) >= 11 is 1.45. The molecule has 0 unspecified atom stereocenters. The maximum Gasteiger partial charge on any atom is 0.352 e. The lowest BCUT2D eigenvalue weighted by molar-refractivity contribution is -0.147. The van der Waals surface area contributed by atoms with Gasteiger partial charge in [0.05, 0.1) is 0 Å². The van der Waals surface area contributed by atoms with Crippen molar-refractivity contribution in [3.05, 3.63) is 22.9 Å². The van der Waals surface area contributed by atoms with Gasteiger partial charge in [-0.3, -0.25) is 14.5 Å². The lowest BCUT2D eigenvalue weighted by Crippen LogP contribution is -2.68. The molecule has 23 heavy (non-hydrogen) atoms. The highest BCUT2D eigenvalue weighted by Crippen LogP contribution is 2.41. The predicted molar refractivity (Wildman–Crippen MR) is 83.2 cm³/mol. The molecule has 3 N–H and O–H groups in total. The number of carboxylic acids is 1. The van der Waals surface area contributed by atoms with Crippen LogP contribution in [0.15, 0.2) is 22.9 Å². The van der Waals surface area contributed by atoms with Crippen molar-refractivity contribution in [1.82, 2.24) is 9.80 Å². The van der Waals surface area contributed by atoms with Gasteiger partial charge in [-0.2, -0.15) is 0 Å². The first-order valence-electron chi connectivity index (χ1n) is 7.67. The fourth-order valence-corrected chi connectivity index (χ4v) is 4.62. The number of carboxylic acid groups (broad SMARTS) is 1. The SMILES string of the molecule is N[C@@H]1C(=O)N2C(C(=O)O)=C(/C=C3/CCN(C4CC4)C3=O)CS[C@H]12. The second-order valence-corrected chi connectivity index (χ2v) is 7.37. The minimum atomic E-state index is -1.15. The first kappa shape index (κ1) is 14.8. The molecule has 122 valence electrons. The molecule has 2 saturated heterocycles. The van der Waals surface area contributed by atoms with E-state index in [1.807, 2.05) is 4.90 Å². The van der Waals surface area contributed by atoms with E-state index in [-0.39, 0.29) is 22.9 Å². The number of nitrogens with two attached hydrogens (primary N) is 1. The van der Waals surface area contributed by atoms with Crippen LogP contribution in [0.3, 0.4) is 0 Å². The zero-order chi connectivity index (χ0) is 16.3. The van der Waals surface area contributed by atoms with E-state index < -0.39 is 12.0 Å². The summed E-state index contributed by atoms with van der Waals surface area (Å²) in [6.07, 6.45) is 4.42. The number of carbonyl (C=O) groups excluding carboxylic acids is 2. The molecule has 3 fully saturated rings. The van der Waals surface area contributed by atoms with Crippen molar-refractivity contribution in [3.63, 3.8) is 0 Å². The van der Waals surface area contributed by atoms with Crippen LogP contribution in [0.25, 0.3) is 0 Å². The lowest BCUT2D eigenvalue weighted by atomic mass is 10.0. The Kier molecular flexibility index (Phi) is 3.28. The average Bonchev–Trinajstić information content (AvgIpc) is 3.31. The minimum absolute atomic E-state index is 0.00324. The second-order valence-electron chi connectivity index (χ2n) is 6.26. The fraction of sp³-hybridized carbons (Fsp3) is 0.533. The fourth-order valence-electron chi connectivity index (χ4n) is 3.36. The molecule has 0 aromatic rings. The van der Waals surface area contributed by atoms with Gasteiger partial charge < -0.3 is 15.7 Å². The smallest absolute Gasteiger partial charge is 0.352 e. The van der Waals surface area contributed by atoms with E-state index in [1.165, 1.54) is 16.7 Å². The summed E-state index contributed by atoms with van der Waals surface area (Å²) in [4.78, 5) is 39.0. The van der Waals surface area contributed by atoms with Crippen molar-refractivity contribution in [3.8, 4) is 0 Å². The standard InChI is InChI=1S/C15H17N3O4S/c16-10-13(20)18-11(15(21)22)8(6-23-14(10)18)5-7-3-4-17(12(7)19)9-1-2-9/h5,9-10,14H,1-4,6,16H2,(H,21,22)/b7-5-/t10-,14-/m1/s1. The lowest BCUT2D eigenvalue weighted by Gasteiger charge is -2.47. The van der Waals surface area contributed by atoms with Crippen LogP contribution in [0.5, 0.6) is 0 Å². The number of aliphatic carboxylic acids is 1. The monoisotopic (exact) mass is 335 g/mol. The van der Waals surface area contributed by atoms with E-state index >= 15 is 0 Å². The van der Waals surface area contributed by atoms with Gasteiger partial charge in [-0.1, -0.05) is 0 Å². The van der Waals surface area contributed by atoms with Crippen molar-refractivity contribution < 1.29 is 19.5 Å². The number of hydrogen-bond acceptors (Lipinski definition) is 5. The maximum atomic E-state index is 12.4. The Morgan fingerprint density at radius 3 is 2.74 bits per heavy atom. The first-order valence-corrected chi connectivity index (χ1v) is 8.72. The second kappa shape index (κ2) is 5.10. The summed E-state index contributed by atoms with van der Waals surface area (Å²) in [6, 6.07) is -0.275. The molecule has 2 amide bonds. The normalized spacial score (nSPS) is 32.5. The highest BCUT2D eigenvalue weighted by molar-refractivity contribution is 8.00. The van der Waals surface area contributed by atoms with Gasteiger partial charge in [-0.25, -0.2) is 4.79 Å². The molecule has 8 heteroatoms. The van der Waals surface area contributed by atoms with Gasteiger partial charge in [0.15, 0.2) is 0 Å². The molecular weight excluding hydrogens is 318 g/mol. The van der Waals surface area contributed by atoms with Gasteiger partial charge in [0, 0.05) is 23.9 Å². The van der Waals surface area contributed by atoms with E-state index in [0.717, 1.165) is 12.8 Å². The molecule has 7 nitrogen and oxygen atoms in total. The maximum absolute atomic E-state index is 12.4. The van der Waals surface area contributed by atoms with Crippen LogP contribution in [0, 0.1) is 0 Å². The number of hydrogen-bond donors (Lipinski definition) is 2. The summed E-state index contributed by atoms with van der Waals surface area (Å²) < 4.78 is 0. The molecule has 4 rings (SSSR count). The van der Waals surface area contributed by atoms with E-state index in [1.54, 1.807) is 6.08 Å². The van der Waals surface area contributed by atoms with Crippen molar-refractivity contribution in [2.45, 2.75) is 36.7 Å². The minimum Gasteiger partial charge on any atom is -0.477 e. The number of thioether (sulfide) groups is 1. The van der Waals surface area contributed by atoms with Crippen LogP contribution in [-0.2, 0) is 14.4 Å². The molecule has 1 saturated carbocycles. The molecule has 0 bridgehead atoms. The van der Waals surface area contributed by atoms with Crippen molar-refractivity contribution in [2.75, 3.05) is 12.3 Å². The van der Waals surface area contributed by atoms with Crippen LogP contribution >= 0.6 is 11.8 Å². The molecule has 4 aliphatic rings. The number of β-lactam (4-membered cyclic amide) rings is 1. The number of amides is 2. The topological polar surface area (TPSA) is 104 Å². The molecule has 0 aromatic carbocycles. The van der Waals surface area contributed by atoms with Crippen LogP contribution in [0.4, 0.5) is 0 Å². The quantitative estimate of drug-likeness (QED) is 0.551. The molecule has 3 heterocycles. The molecule has 0 spiro atoms. The molecule has 1 aliphatic carbocycles. The third-order valence-corrected chi connectivity index (χ3v) is 6.06. The Hall–Kier alpha value is -1.80. The third kappa shape index (κ3) is 2.20. The Labute approximate surface area is 137 Å². The number of carbonyl (C=O) groups is 3. The third-order valence-electron chi connectivity index (χ3n) is 4.74. The van der Waals surface area contributed by atoms with E-state index in [4.69, 9.17) is 5.73 Å². The molecule has 3 aliphatic heterocycles. The summed E-state index contributed by atoms with van der Waals surface area (Å²) in [6.45, 7) is 0.703. The van der Waals surface area contributed by atoms with E-state index in [0.29, 0.717) is 35.9 Å². The van der Waals surface area contributed by atoms with E-state index in [9.17, 15) is 19.5 Å². The molecule has 0 radical (unpaired) electrons. The summed E-state index contributed by atoms with van der Waals surface area (Å²) in [7, 11) is 0. The van der Waals surface area contributed by atoms with Gasteiger partial charge in [0.25, 0.3) is 0 Å². The zero-order valence-electron chi connectivity index (χ0n) is 12.4. The molecule has 2 atom stereocenters. The van der Waals surface area contributed by atoms with Crippen molar-refractivity contribution in [1.29, 1.82) is 0 Å². The van der Waals surface area contributed by atoms with Crippen molar-refractivity contribution >= 4 is 29.5 Å². The number of fused-ring (bicyclic) bond motifs is 1. The highest BCUT2D eigenvalue weighted by Gasteiger charge is 2.51. The van der Waals surface area contributed by atoms with Gasteiger partial charge in [0.1, 0.15) is 17.1 Å². The van der Waals surface area contributed by atoms with E-state index in [2.05, 4.69) is 0 Å². The largest absolute Gasteiger partial charge is 0.477 e. The Bertz CT molecular complexity index is 682. The number of allylic oxidation sites excluding steroid dienone is 1. The number of rotatable bonds is 3. The zero-order valence-corrected chi connectivity index (χ0v) is 13.2. The average molecular weight is 335 g/mol. The summed E-state index contributed by atoms with van der Waals surface area (Å²) in [5.41, 5.74) is 6.87. The number of nitrogens with zero attached hydrogens (tertiary/aromatic N) is 2. The van der Waals surface area contributed by atoms with Crippen LogP contribution in [0.2, 0.25) is 0 Å².